The van der Waals surface area contributed by atoms with Gasteiger partial charge in [0.2, 0.25) is 0 Å². The zero-order valence-electron chi connectivity index (χ0n) is 39.7. The number of carbonyl (C=O) groups excluding carboxylic acids is 2. The van der Waals surface area contributed by atoms with E-state index in [4.69, 9.17) is 38.4 Å². The molecule has 66 heavy (non-hydrogen) atoms. The van der Waals surface area contributed by atoms with Crippen molar-refractivity contribution in [1.82, 2.24) is 24.6 Å². The van der Waals surface area contributed by atoms with E-state index in [0.29, 0.717) is 66.5 Å². The number of hydrogen-bond acceptors (Lipinski definition) is 15. The highest BCUT2D eigenvalue weighted by molar-refractivity contribution is 7.16. The lowest BCUT2D eigenvalue weighted by molar-refractivity contribution is -0.137. The summed E-state index contributed by atoms with van der Waals surface area (Å²) < 4.78 is 52.9. The van der Waals surface area contributed by atoms with Crippen molar-refractivity contribution in [2.45, 2.75) is 104 Å². The van der Waals surface area contributed by atoms with Crippen LogP contribution in [0, 0.1) is 24.6 Å². The van der Waals surface area contributed by atoms with Crippen molar-refractivity contribution in [3.63, 3.8) is 0 Å². The van der Waals surface area contributed by atoms with E-state index in [1.54, 1.807) is 45.2 Å². The normalized spacial score (nSPS) is 15.1. The summed E-state index contributed by atoms with van der Waals surface area (Å²) in [7, 11) is 1.63. The van der Waals surface area contributed by atoms with Crippen LogP contribution in [0.15, 0.2) is 53.5 Å². The van der Waals surface area contributed by atoms with E-state index in [2.05, 4.69) is 58.4 Å². The maximum atomic E-state index is 15.1. The molecule has 0 bridgehead atoms. The molecule has 1 aliphatic rings. The molecule has 0 radical (unpaired) electrons. The summed E-state index contributed by atoms with van der Waals surface area (Å²) in [6.45, 7) is 20.0. The van der Waals surface area contributed by atoms with Crippen LogP contribution in [0.4, 0.5) is 26.0 Å². The molecule has 0 saturated carbocycles. The van der Waals surface area contributed by atoms with Crippen molar-refractivity contribution < 1.29 is 42.4 Å². The van der Waals surface area contributed by atoms with Crippen LogP contribution in [-0.2, 0) is 36.8 Å². The van der Waals surface area contributed by atoms with Gasteiger partial charge in [0, 0.05) is 32.2 Å². The maximum Gasteiger partial charge on any atom is 0.410 e. The lowest BCUT2D eigenvalue weighted by Gasteiger charge is -2.24. The molecule has 1 fully saturated rings. The van der Waals surface area contributed by atoms with Gasteiger partial charge < -0.3 is 33.3 Å². The Hall–Kier alpha value is -5.23. The number of aryl methyl sites for hydroxylation is 2. The third-order valence-corrected chi connectivity index (χ3v) is 13.9. The molecular formula is C47H60FN7O8S2Si. The Morgan fingerprint density at radius 1 is 1.09 bits per heavy atom. The number of amides is 1. The van der Waals surface area contributed by atoms with Crippen molar-refractivity contribution in [3.05, 3.63) is 80.8 Å². The molecule has 1 amide bonds. The molecule has 0 spiro atoms. The molecule has 2 aromatic carbocycles. The Bertz CT molecular complexity index is 2640. The molecule has 4 heterocycles. The summed E-state index contributed by atoms with van der Waals surface area (Å²) in [5, 5.41) is 9.77. The van der Waals surface area contributed by atoms with Gasteiger partial charge in [-0.1, -0.05) is 55.0 Å². The number of anilines is 2. The largest absolute Gasteiger partial charge is 0.491 e. The van der Waals surface area contributed by atoms with Crippen LogP contribution in [-0.4, -0.2) is 109 Å². The number of methoxy groups -OCH3 is 1. The summed E-state index contributed by atoms with van der Waals surface area (Å²) in [4.78, 5) is 39.8. The molecule has 15 nitrogen and oxygen atoms in total. The Labute approximate surface area is 394 Å². The first-order valence-corrected chi connectivity index (χ1v) is 27.1. The molecule has 3 aromatic heterocycles. The van der Waals surface area contributed by atoms with E-state index in [-0.39, 0.29) is 30.7 Å². The van der Waals surface area contributed by atoms with E-state index in [0.717, 1.165) is 26.6 Å². The number of thiazole rings is 2. The Morgan fingerprint density at radius 2 is 1.86 bits per heavy atom. The summed E-state index contributed by atoms with van der Waals surface area (Å²) in [6, 6.07) is 15.6. The first kappa shape index (κ1) is 50.2. The Morgan fingerprint density at radius 3 is 2.55 bits per heavy atom. The lowest BCUT2D eigenvalue weighted by atomic mass is 10.2. The van der Waals surface area contributed by atoms with E-state index in [9.17, 15) is 9.59 Å². The minimum Gasteiger partial charge on any atom is -0.491 e. The lowest BCUT2D eigenvalue weighted by Crippen LogP contribution is -2.34. The van der Waals surface area contributed by atoms with Gasteiger partial charge in [0.1, 0.15) is 18.4 Å². The topological polar surface area (TPSA) is 152 Å². The standard InChI is InChI=1S/C47H60FN7O8S2Si/c1-31-26-39(51-52-41(31)50-44-55(30-59-24-25-66(9,10)11)35-17-12-13-18-37(35)64-44)54(28-33-29-61-47(5,6)62-33)43-49-40(42(56)58-8)38(65-43)19-15-23-60-36-21-20-32(27-34(36)48)16-14-22-53(7)45(57)63-46(2,3)4/h12-13,17-18,20-21,26-27,33H,15,19,22-25,28-30H2,1-11H3. The van der Waals surface area contributed by atoms with Gasteiger partial charge in [0.05, 0.1) is 43.6 Å². The number of benzene rings is 2. The fourth-order valence-corrected chi connectivity index (χ4v) is 9.43. The number of aromatic nitrogens is 4. The van der Waals surface area contributed by atoms with Crippen LogP contribution in [0.25, 0.3) is 10.2 Å². The third-order valence-electron chi connectivity index (χ3n) is 9.97. The molecule has 1 saturated heterocycles. The number of halogens is 1. The SMILES string of the molecule is COC(=O)c1nc(N(CC2COC(C)(C)O2)c2cc(C)c(N=c3sc4ccccc4n3COCC[Si](C)(C)C)nn2)sc1CCCOc1ccc(C#CCN(C)C(=O)OC(C)(C)C)cc1F. The number of para-hydroxylation sites is 1. The van der Waals surface area contributed by atoms with Crippen LogP contribution < -0.4 is 14.4 Å². The van der Waals surface area contributed by atoms with Crippen molar-refractivity contribution in [2.75, 3.05) is 52.0 Å². The van der Waals surface area contributed by atoms with Crippen LogP contribution in [0.2, 0.25) is 25.7 Å². The summed E-state index contributed by atoms with van der Waals surface area (Å²) in [5.41, 5.74) is 1.78. The van der Waals surface area contributed by atoms with Gasteiger partial charge in [-0.05, 0) is 102 Å². The van der Waals surface area contributed by atoms with Gasteiger partial charge in [0.25, 0.3) is 0 Å². The highest BCUT2D eigenvalue weighted by Crippen LogP contribution is 2.35. The van der Waals surface area contributed by atoms with Crippen LogP contribution >= 0.6 is 22.7 Å². The molecule has 0 aliphatic carbocycles. The fourth-order valence-electron chi connectivity index (χ4n) is 6.54. The van der Waals surface area contributed by atoms with Gasteiger partial charge in [-0.2, -0.15) is 4.99 Å². The van der Waals surface area contributed by atoms with Crippen LogP contribution in [0.1, 0.15) is 67.5 Å². The third kappa shape index (κ3) is 13.9. The predicted octanol–water partition coefficient (Wildman–Crippen LogP) is 9.25. The second kappa shape index (κ2) is 21.6. The van der Waals surface area contributed by atoms with Crippen molar-refractivity contribution in [1.29, 1.82) is 0 Å². The van der Waals surface area contributed by atoms with Gasteiger partial charge in [-0.15, -0.1) is 21.5 Å². The number of hydrogen-bond donors (Lipinski definition) is 0. The Balaban J connectivity index is 1.19. The smallest absolute Gasteiger partial charge is 0.410 e. The van der Waals surface area contributed by atoms with E-state index >= 15 is 4.39 Å². The van der Waals surface area contributed by atoms with Gasteiger partial charge >= 0.3 is 12.1 Å². The van der Waals surface area contributed by atoms with Crippen LogP contribution in [0.3, 0.4) is 0 Å². The predicted molar refractivity (Wildman–Crippen MR) is 257 cm³/mol. The average molecular weight is 962 g/mol. The quantitative estimate of drug-likeness (QED) is 0.0378. The molecule has 0 N–H and O–H groups in total. The molecule has 19 heteroatoms. The van der Waals surface area contributed by atoms with Gasteiger partial charge in [-0.3, -0.25) is 9.47 Å². The Kier molecular flexibility index (Phi) is 16.4. The average Bonchev–Trinajstić information content (AvgIpc) is 3.94. The molecular weight excluding hydrogens is 902 g/mol. The van der Waals surface area contributed by atoms with Crippen molar-refractivity contribution in [2.24, 2.45) is 4.99 Å². The number of carbonyl (C=O) groups is 2. The maximum absolute atomic E-state index is 15.1. The molecule has 1 aliphatic heterocycles. The van der Waals surface area contributed by atoms with E-state index < -0.39 is 37.3 Å². The minimum absolute atomic E-state index is 0.0644. The highest BCUT2D eigenvalue weighted by Gasteiger charge is 2.35. The summed E-state index contributed by atoms with van der Waals surface area (Å²) in [6.07, 6.45) is -0.0168. The molecule has 5 aromatic rings. The molecule has 1 unspecified atom stereocenters. The number of ether oxygens (including phenoxy) is 6. The summed E-state index contributed by atoms with van der Waals surface area (Å²) >= 11 is 2.88. The zero-order valence-corrected chi connectivity index (χ0v) is 42.3. The first-order valence-electron chi connectivity index (χ1n) is 21.8. The minimum atomic E-state index is -1.26. The molecule has 354 valence electrons. The van der Waals surface area contributed by atoms with Crippen LogP contribution in [0.5, 0.6) is 5.75 Å². The zero-order chi connectivity index (χ0) is 47.8. The highest BCUT2D eigenvalue weighted by atomic mass is 32.1. The first-order chi connectivity index (χ1) is 31.2. The fraction of sp³-hybridized carbons (Fsp3) is 0.489. The molecule has 6 rings (SSSR count). The monoisotopic (exact) mass is 961 g/mol. The number of nitrogens with zero attached hydrogens (tertiary/aromatic N) is 7. The van der Waals surface area contributed by atoms with Gasteiger partial charge in [0.15, 0.2) is 44.6 Å². The number of fused-ring (bicyclic) bond motifs is 1. The second-order valence-electron chi connectivity index (χ2n) is 18.5. The number of esters is 1. The van der Waals surface area contributed by atoms with E-state index in [1.165, 1.54) is 35.5 Å². The van der Waals surface area contributed by atoms with E-state index in [1.807, 2.05) is 43.9 Å². The van der Waals surface area contributed by atoms with Crippen molar-refractivity contribution in [3.8, 4) is 17.6 Å². The van der Waals surface area contributed by atoms with Gasteiger partial charge in [-0.25, -0.2) is 19.0 Å². The second-order valence-corrected chi connectivity index (χ2v) is 26.2. The summed E-state index contributed by atoms with van der Waals surface area (Å²) in [5.74, 6) is 4.81. The molecule has 1 atom stereocenters. The number of rotatable bonds is 17. The van der Waals surface area contributed by atoms with Crippen molar-refractivity contribution >= 4 is 69.8 Å².